The fraction of sp³-hybridized carbons (Fsp3) is 0.154. The van der Waals surface area contributed by atoms with Gasteiger partial charge >= 0.3 is 5.97 Å². The maximum absolute atomic E-state index is 12.2. The summed E-state index contributed by atoms with van der Waals surface area (Å²) in [6.07, 6.45) is 3.00. The molecule has 0 spiro atoms. The molecule has 8 heteroatoms. The van der Waals surface area contributed by atoms with E-state index in [1.807, 2.05) is 17.5 Å². The summed E-state index contributed by atoms with van der Waals surface area (Å²) in [5.41, 5.74) is 1.40. The fourth-order valence-electron chi connectivity index (χ4n) is 2.88. The first-order chi connectivity index (χ1) is 16.4. The molecule has 0 aliphatic heterocycles. The highest BCUT2D eigenvalue weighted by Crippen LogP contribution is 2.15. The Bertz CT molecular complexity index is 1170. The highest BCUT2D eigenvalue weighted by Gasteiger charge is 2.12. The van der Waals surface area contributed by atoms with Gasteiger partial charge in [-0.05, 0) is 72.1 Å². The number of hydrogen-bond acceptors (Lipinski definition) is 7. The Labute approximate surface area is 201 Å². The lowest BCUT2D eigenvalue weighted by molar-refractivity contribution is -0.143. The summed E-state index contributed by atoms with van der Waals surface area (Å²) in [5.74, 6) is -0.893. The molecule has 0 bridgehead atoms. The Kier molecular flexibility index (Phi) is 8.88. The highest BCUT2D eigenvalue weighted by molar-refractivity contribution is 7.10. The van der Waals surface area contributed by atoms with Gasteiger partial charge in [-0.2, -0.15) is 0 Å². The summed E-state index contributed by atoms with van der Waals surface area (Å²) < 4.78 is 10.00. The lowest BCUT2D eigenvalue weighted by Crippen LogP contribution is -2.17. The van der Waals surface area contributed by atoms with Crippen LogP contribution in [0, 0.1) is 0 Å². The number of esters is 1. The van der Waals surface area contributed by atoms with Crippen LogP contribution in [0.1, 0.15) is 38.4 Å². The Morgan fingerprint density at radius 3 is 2.26 bits per heavy atom. The molecule has 3 aromatic rings. The van der Waals surface area contributed by atoms with Crippen molar-refractivity contribution in [2.24, 2.45) is 0 Å². The Hall–Kier alpha value is -4.04. The van der Waals surface area contributed by atoms with E-state index in [1.54, 1.807) is 65.9 Å². The van der Waals surface area contributed by atoms with Gasteiger partial charge in [0.25, 0.3) is 0 Å². The van der Waals surface area contributed by atoms with Gasteiger partial charge in [-0.1, -0.05) is 6.07 Å². The predicted octanol–water partition coefficient (Wildman–Crippen LogP) is 4.80. The molecule has 1 heterocycles. The van der Waals surface area contributed by atoms with E-state index in [9.17, 15) is 19.2 Å². The zero-order valence-corrected chi connectivity index (χ0v) is 19.3. The van der Waals surface area contributed by atoms with Gasteiger partial charge in [-0.25, -0.2) is 0 Å². The van der Waals surface area contributed by atoms with E-state index < -0.39 is 12.6 Å². The number of allylic oxidation sites excluding steroid dienone is 1. The van der Waals surface area contributed by atoms with E-state index in [-0.39, 0.29) is 30.3 Å². The molecule has 0 aliphatic rings. The zero-order chi connectivity index (χ0) is 24.3. The smallest absolute Gasteiger partial charge is 0.306 e. The maximum Gasteiger partial charge on any atom is 0.306 e. The fourth-order valence-corrected chi connectivity index (χ4v) is 3.49. The minimum Gasteiger partial charge on any atom is -0.497 e. The number of ether oxygens (including phenoxy) is 2. The zero-order valence-electron chi connectivity index (χ0n) is 18.5. The molecule has 0 saturated heterocycles. The Balaban J connectivity index is 1.39. The molecule has 2 aromatic carbocycles. The molecular formula is C26H23NO6S. The molecule has 0 unspecified atom stereocenters. The largest absolute Gasteiger partial charge is 0.497 e. The van der Waals surface area contributed by atoms with Crippen LogP contribution in [0.3, 0.4) is 0 Å². The number of anilines is 1. The summed E-state index contributed by atoms with van der Waals surface area (Å²) in [6.45, 7) is -0.400. The second kappa shape index (κ2) is 12.3. The van der Waals surface area contributed by atoms with E-state index in [0.717, 1.165) is 4.88 Å². The standard InChI is InChI=1S/C26H23NO6S/c1-32-21-10-6-19(7-11-21)24(29)17-33-26(31)15-14-25(30)27-20-8-4-18(5-9-20)23(28)13-12-22-3-2-16-34-22/h2-13,16H,14-15,17H2,1H3,(H,27,30). The van der Waals surface area contributed by atoms with E-state index in [4.69, 9.17) is 9.47 Å². The summed E-state index contributed by atoms with van der Waals surface area (Å²) in [5, 5.41) is 4.60. The summed E-state index contributed by atoms with van der Waals surface area (Å²) in [4.78, 5) is 49.3. The van der Waals surface area contributed by atoms with Crippen molar-refractivity contribution in [2.75, 3.05) is 19.0 Å². The van der Waals surface area contributed by atoms with Crippen LogP contribution in [0.5, 0.6) is 5.75 Å². The number of methoxy groups -OCH3 is 1. The first-order valence-corrected chi connectivity index (χ1v) is 11.3. The topological polar surface area (TPSA) is 98.8 Å². The van der Waals surface area contributed by atoms with Crippen molar-refractivity contribution in [2.45, 2.75) is 12.8 Å². The number of benzene rings is 2. The first-order valence-electron chi connectivity index (χ1n) is 10.4. The number of thiophene rings is 1. The molecule has 174 valence electrons. The molecule has 0 atom stereocenters. The van der Waals surface area contributed by atoms with Gasteiger partial charge in [-0.3, -0.25) is 19.2 Å². The van der Waals surface area contributed by atoms with Gasteiger partial charge in [0.2, 0.25) is 5.91 Å². The first kappa shape index (κ1) is 24.6. The number of carbonyl (C=O) groups is 4. The minimum absolute atomic E-state index is 0.0974. The normalized spacial score (nSPS) is 10.6. The van der Waals surface area contributed by atoms with Gasteiger partial charge in [0.1, 0.15) is 5.75 Å². The van der Waals surface area contributed by atoms with Crippen molar-refractivity contribution < 1.29 is 28.7 Å². The minimum atomic E-state index is -0.643. The van der Waals surface area contributed by atoms with Gasteiger partial charge in [0.15, 0.2) is 18.2 Å². The number of ketones is 2. The molecule has 0 aliphatic carbocycles. The monoisotopic (exact) mass is 477 g/mol. The van der Waals surface area contributed by atoms with E-state index >= 15 is 0 Å². The van der Waals surface area contributed by atoms with E-state index in [0.29, 0.717) is 22.6 Å². The van der Waals surface area contributed by atoms with Crippen molar-refractivity contribution in [1.29, 1.82) is 0 Å². The van der Waals surface area contributed by atoms with Crippen LogP contribution in [0.15, 0.2) is 72.1 Å². The third-order valence-electron chi connectivity index (χ3n) is 4.73. The van der Waals surface area contributed by atoms with E-state index in [2.05, 4.69) is 5.32 Å². The maximum atomic E-state index is 12.2. The van der Waals surface area contributed by atoms with Gasteiger partial charge in [0.05, 0.1) is 13.5 Å². The van der Waals surface area contributed by atoms with Crippen LogP contribution in [0.25, 0.3) is 6.08 Å². The van der Waals surface area contributed by atoms with Crippen LogP contribution in [-0.4, -0.2) is 37.2 Å². The second-order valence-corrected chi connectivity index (χ2v) is 8.13. The number of Topliss-reactive ketones (excluding diaryl/α,β-unsaturated/α-hetero) is 1. The van der Waals surface area contributed by atoms with Crippen LogP contribution in [0.4, 0.5) is 5.69 Å². The van der Waals surface area contributed by atoms with Crippen LogP contribution < -0.4 is 10.1 Å². The lowest BCUT2D eigenvalue weighted by Gasteiger charge is -2.07. The third-order valence-corrected chi connectivity index (χ3v) is 5.57. The lowest BCUT2D eigenvalue weighted by atomic mass is 10.1. The Morgan fingerprint density at radius 2 is 1.62 bits per heavy atom. The molecule has 1 aromatic heterocycles. The number of hydrogen-bond donors (Lipinski definition) is 1. The second-order valence-electron chi connectivity index (χ2n) is 7.15. The highest BCUT2D eigenvalue weighted by atomic mass is 32.1. The molecule has 34 heavy (non-hydrogen) atoms. The molecule has 1 amide bonds. The average Bonchev–Trinajstić information content (AvgIpc) is 3.39. The van der Waals surface area contributed by atoms with Crippen molar-refractivity contribution in [1.82, 2.24) is 0 Å². The molecule has 3 rings (SSSR count). The van der Waals surface area contributed by atoms with Gasteiger partial charge < -0.3 is 14.8 Å². The van der Waals surface area contributed by atoms with Crippen LogP contribution >= 0.6 is 11.3 Å². The van der Waals surface area contributed by atoms with Crippen LogP contribution in [0.2, 0.25) is 0 Å². The van der Waals surface area contributed by atoms with Gasteiger partial charge in [0, 0.05) is 28.1 Å². The molecule has 0 fully saturated rings. The molecule has 7 nitrogen and oxygen atoms in total. The third kappa shape index (κ3) is 7.53. The Morgan fingerprint density at radius 1 is 0.912 bits per heavy atom. The van der Waals surface area contributed by atoms with Crippen molar-refractivity contribution in [3.8, 4) is 5.75 Å². The van der Waals surface area contributed by atoms with E-state index in [1.165, 1.54) is 13.2 Å². The van der Waals surface area contributed by atoms with Gasteiger partial charge in [-0.15, -0.1) is 11.3 Å². The molecule has 1 N–H and O–H groups in total. The number of rotatable bonds is 11. The van der Waals surface area contributed by atoms with Crippen molar-refractivity contribution in [3.05, 3.63) is 88.1 Å². The average molecular weight is 478 g/mol. The number of nitrogens with one attached hydrogen (secondary N) is 1. The van der Waals surface area contributed by atoms with Crippen LogP contribution in [-0.2, 0) is 14.3 Å². The SMILES string of the molecule is COc1ccc(C(=O)COC(=O)CCC(=O)Nc2ccc(C(=O)C=Cc3cccs3)cc2)cc1. The molecule has 0 saturated carbocycles. The molecule has 0 radical (unpaired) electrons. The number of carbonyl (C=O) groups excluding carboxylic acids is 4. The quantitative estimate of drug-likeness (QED) is 0.242. The predicted molar refractivity (Wildman–Crippen MR) is 130 cm³/mol. The molecular weight excluding hydrogens is 454 g/mol. The summed E-state index contributed by atoms with van der Waals surface area (Å²) >= 11 is 1.54. The van der Waals surface area contributed by atoms with Crippen molar-refractivity contribution >= 4 is 46.5 Å². The summed E-state index contributed by atoms with van der Waals surface area (Å²) in [7, 11) is 1.52. The number of amides is 1. The van der Waals surface area contributed by atoms with Crippen molar-refractivity contribution in [3.63, 3.8) is 0 Å². The summed E-state index contributed by atoms with van der Waals surface area (Å²) in [6, 6.07) is 16.8.